The maximum Gasteiger partial charge on any atom is 0.417 e. The van der Waals surface area contributed by atoms with Gasteiger partial charge in [0.15, 0.2) is 0 Å². The molecule has 0 bridgehead atoms. The first-order valence-corrected chi connectivity index (χ1v) is 12.7. The highest BCUT2D eigenvalue weighted by Crippen LogP contribution is 2.37. The maximum atomic E-state index is 14.1. The molecule has 0 unspecified atom stereocenters. The van der Waals surface area contributed by atoms with Crippen molar-refractivity contribution in [1.82, 2.24) is 14.6 Å². The van der Waals surface area contributed by atoms with E-state index in [0.29, 0.717) is 11.6 Å². The highest BCUT2D eigenvalue weighted by Gasteiger charge is 2.38. The lowest BCUT2D eigenvalue weighted by Crippen LogP contribution is -2.46. The molecule has 1 fully saturated rings. The third kappa shape index (κ3) is 5.69. The Hall–Kier alpha value is -3.02. The van der Waals surface area contributed by atoms with E-state index in [1.807, 2.05) is 0 Å². The van der Waals surface area contributed by atoms with Crippen LogP contribution in [-0.4, -0.2) is 43.3 Å². The first kappa shape index (κ1) is 26.1. The van der Waals surface area contributed by atoms with Gasteiger partial charge in [0.25, 0.3) is 5.91 Å². The second kappa shape index (κ2) is 10.2. The molecule has 0 atom stereocenters. The van der Waals surface area contributed by atoms with Crippen molar-refractivity contribution >= 4 is 27.5 Å². The number of nitrogens with one attached hydrogen (secondary N) is 1. The minimum Gasteiger partial charge on any atom is -0.338 e. The lowest BCUT2D eigenvalue weighted by atomic mass is 10.0. The van der Waals surface area contributed by atoms with Gasteiger partial charge in [0.05, 0.1) is 16.0 Å². The number of hydrogen-bond acceptors (Lipinski definition) is 4. The SMILES string of the molecule is O=C(c1ccc(Cl)nc1)N1CCC(NS(=O)(=O)c2ccc(-c3ccccc3F)cc2C(F)(F)F)CC1. The largest absolute Gasteiger partial charge is 0.417 e. The van der Waals surface area contributed by atoms with Crippen LogP contribution in [0.4, 0.5) is 17.6 Å². The van der Waals surface area contributed by atoms with Crippen molar-refractivity contribution in [2.24, 2.45) is 0 Å². The molecule has 1 saturated heterocycles. The van der Waals surface area contributed by atoms with Gasteiger partial charge in [-0.3, -0.25) is 4.79 Å². The summed E-state index contributed by atoms with van der Waals surface area (Å²) in [6.07, 6.45) is -3.24. The van der Waals surface area contributed by atoms with E-state index in [0.717, 1.165) is 18.2 Å². The lowest BCUT2D eigenvalue weighted by molar-refractivity contribution is -0.139. The number of piperidine rings is 1. The summed E-state index contributed by atoms with van der Waals surface area (Å²) in [5.41, 5.74) is -1.24. The first-order valence-electron chi connectivity index (χ1n) is 10.8. The Labute approximate surface area is 210 Å². The van der Waals surface area contributed by atoms with Crippen LogP contribution in [0.15, 0.2) is 65.7 Å². The van der Waals surface area contributed by atoms with E-state index in [-0.39, 0.29) is 48.1 Å². The fourth-order valence-electron chi connectivity index (χ4n) is 4.02. The average molecular weight is 542 g/mol. The first-order chi connectivity index (χ1) is 17.0. The van der Waals surface area contributed by atoms with Crippen LogP contribution >= 0.6 is 11.6 Å². The van der Waals surface area contributed by atoms with Gasteiger partial charge in [0.2, 0.25) is 10.0 Å². The van der Waals surface area contributed by atoms with Crippen molar-refractivity contribution in [3.8, 4) is 11.1 Å². The average Bonchev–Trinajstić information content (AvgIpc) is 2.84. The maximum absolute atomic E-state index is 14.1. The fourth-order valence-corrected chi connectivity index (χ4v) is 5.64. The van der Waals surface area contributed by atoms with Crippen molar-refractivity contribution < 1.29 is 30.8 Å². The van der Waals surface area contributed by atoms with Crippen molar-refractivity contribution in [2.75, 3.05) is 13.1 Å². The molecule has 4 rings (SSSR count). The smallest absolute Gasteiger partial charge is 0.338 e. The zero-order valence-corrected chi connectivity index (χ0v) is 20.2. The molecule has 2 aromatic carbocycles. The molecule has 6 nitrogen and oxygen atoms in total. The molecule has 3 aromatic rings. The Bertz CT molecular complexity index is 1370. The molecule has 1 aromatic heterocycles. The number of aromatic nitrogens is 1. The molecule has 1 aliphatic heterocycles. The molecule has 1 aliphatic rings. The highest BCUT2D eigenvalue weighted by molar-refractivity contribution is 7.89. The third-order valence-electron chi connectivity index (χ3n) is 5.84. The van der Waals surface area contributed by atoms with Gasteiger partial charge in [-0.25, -0.2) is 22.5 Å². The molecule has 0 aliphatic carbocycles. The number of carbonyl (C=O) groups excluding carboxylic acids is 1. The predicted octanol–water partition coefficient (Wildman–Crippen LogP) is 5.14. The molecular formula is C24H20ClF4N3O3S. The van der Waals surface area contributed by atoms with Gasteiger partial charge < -0.3 is 4.90 Å². The number of pyridine rings is 1. The summed E-state index contributed by atoms with van der Waals surface area (Å²) >= 11 is 5.73. The third-order valence-corrected chi connectivity index (χ3v) is 7.64. The zero-order chi connectivity index (χ0) is 26.1. The lowest BCUT2D eigenvalue weighted by Gasteiger charge is -2.32. The van der Waals surface area contributed by atoms with Gasteiger partial charge in [0.1, 0.15) is 11.0 Å². The number of likely N-dealkylation sites (tertiary alicyclic amines) is 1. The molecule has 1 N–H and O–H groups in total. The van der Waals surface area contributed by atoms with Crippen molar-refractivity contribution in [2.45, 2.75) is 30.0 Å². The van der Waals surface area contributed by atoms with Crippen LogP contribution in [-0.2, 0) is 16.2 Å². The molecule has 0 radical (unpaired) electrons. The summed E-state index contributed by atoms with van der Waals surface area (Å²) in [5.74, 6) is -1.03. The van der Waals surface area contributed by atoms with Crippen molar-refractivity contribution in [3.63, 3.8) is 0 Å². The second-order valence-electron chi connectivity index (χ2n) is 8.25. The van der Waals surface area contributed by atoms with Gasteiger partial charge >= 0.3 is 6.18 Å². The molecule has 0 saturated carbocycles. The second-order valence-corrected chi connectivity index (χ2v) is 10.3. The summed E-state index contributed by atoms with van der Waals surface area (Å²) in [4.78, 5) is 17.0. The van der Waals surface area contributed by atoms with Gasteiger partial charge in [0, 0.05) is 30.9 Å². The number of hydrogen-bond donors (Lipinski definition) is 1. The number of halogens is 5. The minimum atomic E-state index is -4.99. The Morgan fingerprint density at radius 3 is 2.36 bits per heavy atom. The van der Waals surface area contributed by atoms with E-state index in [9.17, 15) is 30.8 Å². The Kier molecular flexibility index (Phi) is 7.35. The van der Waals surface area contributed by atoms with Crippen molar-refractivity contribution in [1.29, 1.82) is 0 Å². The van der Waals surface area contributed by atoms with Crippen molar-refractivity contribution in [3.05, 3.63) is 82.9 Å². The van der Waals surface area contributed by atoms with Crippen LogP contribution in [0.1, 0.15) is 28.8 Å². The van der Waals surface area contributed by atoms with E-state index in [1.54, 1.807) is 0 Å². The van der Waals surface area contributed by atoms with Crippen LogP contribution in [0.2, 0.25) is 5.15 Å². The number of sulfonamides is 1. The fraction of sp³-hybridized carbons (Fsp3) is 0.250. The molecule has 36 heavy (non-hydrogen) atoms. The summed E-state index contributed by atoms with van der Waals surface area (Å²) in [7, 11) is -4.57. The monoisotopic (exact) mass is 541 g/mol. The standard InChI is InChI=1S/C24H20ClF4N3O3S/c25-22-8-6-16(14-30-22)23(33)32-11-9-17(10-12-32)31-36(34,35)21-7-5-15(13-19(21)24(27,28)29)18-3-1-2-4-20(18)26/h1-8,13-14,17,31H,9-12H2. The molecule has 12 heteroatoms. The number of carbonyl (C=O) groups is 1. The molecular weight excluding hydrogens is 522 g/mol. The zero-order valence-electron chi connectivity index (χ0n) is 18.6. The van der Waals surface area contributed by atoms with E-state index in [2.05, 4.69) is 9.71 Å². The summed E-state index contributed by atoms with van der Waals surface area (Å²) in [5, 5.41) is 0.236. The van der Waals surface area contributed by atoms with Gasteiger partial charge in [-0.2, -0.15) is 13.2 Å². The van der Waals surface area contributed by atoms with Crippen LogP contribution < -0.4 is 4.72 Å². The molecule has 190 valence electrons. The van der Waals surface area contributed by atoms with E-state index in [1.165, 1.54) is 41.4 Å². The number of benzene rings is 2. The van der Waals surface area contributed by atoms with Crippen LogP contribution in [0, 0.1) is 5.82 Å². The van der Waals surface area contributed by atoms with E-state index >= 15 is 0 Å². The van der Waals surface area contributed by atoms with E-state index in [4.69, 9.17) is 11.6 Å². The highest BCUT2D eigenvalue weighted by atomic mass is 35.5. The molecule has 0 spiro atoms. The summed E-state index contributed by atoms with van der Waals surface area (Å²) in [6, 6.07) is 10.2. The van der Waals surface area contributed by atoms with Gasteiger partial charge in [-0.15, -0.1) is 0 Å². The number of nitrogens with zero attached hydrogens (tertiary/aromatic N) is 2. The van der Waals surface area contributed by atoms with Crippen LogP contribution in [0.25, 0.3) is 11.1 Å². The normalized spacial score (nSPS) is 15.2. The molecule has 1 amide bonds. The van der Waals surface area contributed by atoms with Crippen LogP contribution in [0.5, 0.6) is 0 Å². The Morgan fingerprint density at radius 2 is 1.75 bits per heavy atom. The minimum absolute atomic E-state index is 0.0761. The Balaban J connectivity index is 1.51. The summed E-state index contributed by atoms with van der Waals surface area (Å²) in [6.45, 7) is 0.403. The summed E-state index contributed by atoms with van der Waals surface area (Å²) < 4.78 is 83.9. The van der Waals surface area contributed by atoms with Gasteiger partial charge in [-0.1, -0.05) is 35.9 Å². The van der Waals surface area contributed by atoms with E-state index < -0.39 is 38.5 Å². The number of amides is 1. The molecule has 2 heterocycles. The number of alkyl halides is 3. The van der Waals surface area contributed by atoms with Crippen LogP contribution in [0.3, 0.4) is 0 Å². The quantitative estimate of drug-likeness (QED) is 0.358. The Morgan fingerprint density at radius 1 is 1.06 bits per heavy atom. The number of rotatable bonds is 5. The van der Waals surface area contributed by atoms with Gasteiger partial charge in [-0.05, 0) is 48.7 Å². The topological polar surface area (TPSA) is 79.4 Å². The predicted molar refractivity (Wildman–Crippen MR) is 125 cm³/mol.